The zero-order chi connectivity index (χ0) is 12.7. The molecule has 1 nitrogen and oxygen atoms in total. The van der Waals surface area contributed by atoms with Crippen LogP contribution in [0.3, 0.4) is 0 Å². The van der Waals surface area contributed by atoms with E-state index >= 15 is 0 Å². The van der Waals surface area contributed by atoms with E-state index in [0.717, 1.165) is 0 Å². The number of hydrogen-bond acceptors (Lipinski definition) is 1. The lowest BCUT2D eigenvalue weighted by Crippen LogP contribution is -2.49. The van der Waals surface area contributed by atoms with E-state index in [4.69, 9.17) is 11.6 Å². The summed E-state index contributed by atoms with van der Waals surface area (Å²) in [7, 11) is 0. The maximum Gasteiger partial charge on any atom is 0.392 e. The Bertz CT molecular complexity index is 242. The summed E-state index contributed by atoms with van der Waals surface area (Å²) in [6.07, 6.45) is -5.08. The molecule has 0 spiro atoms. The van der Waals surface area contributed by atoms with Crippen LogP contribution in [0, 0.1) is 23.7 Å². The van der Waals surface area contributed by atoms with Crippen molar-refractivity contribution in [1.29, 1.82) is 0 Å². The van der Waals surface area contributed by atoms with Gasteiger partial charge in [0.2, 0.25) is 0 Å². The SMILES string of the molecule is CC(C)C1CC(C(F)(F)F)C(C)C(Cl)C1O. The molecule has 0 aromatic carbocycles. The second-order valence-corrected chi connectivity index (χ2v) is 5.59. The molecule has 0 aromatic heterocycles. The number of aliphatic hydroxyl groups excluding tert-OH is 1. The Kier molecular flexibility index (Phi) is 4.17. The number of halogens is 4. The Hall–Kier alpha value is 0.0400. The summed E-state index contributed by atoms with van der Waals surface area (Å²) >= 11 is 5.91. The Labute approximate surface area is 99.0 Å². The maximum absolute atomic E-state index is 12.8. The largest absolute Gasteiger partial charge is 0.392 e. The second-order valence-electron chi connectivity index (χ2n) is 5.09. The van der Waals surface area contributed by atoms with Crippen LogP contribution in [0.25, 0.3) is 0 Å². The third-order valence-corrected chi connectivity index (χ3v) is 4.36. The number of hydrogen-bond donors (Lipinski definition) is 1. The van der Waals surface area contributed by atoms with Crippen LogP contribution >= 0.6 is 11.6 Å². The molecule has 1 fully saturated rings. The molecule has 0 bridgehead atoms. The molecule has 96 valence electrons. The fraction of sp³-hybridized carbons (Fsp3) is 1.00. The molecule has 5 unspecified atom stereocenters. The molecule has 5 atom stereocenters. The molecule has 1 rings (SSSR count). The van der Waals surface area contributed by atoms with Crippen LogP contribution in [-0.2, 0) is 0 Å². The minimum Gasteiger partial charge on any atom is -0.391 e. The summed E-state index contributed by atoms with van der Waals surface area (Å²) < 4.78 is 38.4. The van der Waals surface area contributed by atoms with E-state index in [0.29, 0.717) is 0 Å². The normalized spacial score (nSPS) is 41.4. The summed E-state index contributed by atoms with van der Waals surface area (Å²) in [5.74, 6) is -2.49. The zero-order valence-electron chi connectivity index (χ0n) is 9.63. The average molecular weight is 259 g/mol. The molecule has 0 radical (unpaired) electrons. The first-order valence-electron chi connectivity index (χ1n) is 5.55. The highest BCUT2D eigenvalue weighted by Gasteiger charge is 2.52. The minimum atomic E-state index is -4.22. The van der Waals surface area contributed by atoms with Gasteiger partial charge in [0.1, 0.15) is 0 Å². The summed E-state index contributed by atoms with van der Waals surface area (Å²) in [5.41, 5.74) is 0. The predicted molar refractivity (Wildman–Crippen MR) is 57.3 cm³/mol. The van der Waals surface area contributed by atoms with Crippen LogP contribution in [0.2, 0.25) is 0 Å². The van der Waals surface area contributed by atoms with Gasteiger partial charge in [0.25, 0.3) is 0 Å². The molecule has 0 aliphatic heterocycles. The highest BCUT2D eigenvalue weighted by atomic mass is 35.5. The summed E-state index contributed by atoms with van der Waals surface area (Å²) in [6.45, 7) is 5.11. The molecule has 0 saturated heterocycles. The van der Waals surface area contributed by atoms with Crippen molar-refractivity contribution in [3.63, 3.8) is 0 Å². The molecular formula is C11H18ClF3O. The standard InChI is InChI=1S/C11H18ClF3O/c1-5(2)7-4-8(11(13,14)15)6(3)9(12)10(7)16/h5-10,16H,4H2,1-3H3. The highest BCUT2D eigenvalue weighted by Crippen LogP contribution is 2.47. The van der Waals surface area contributed by atoms with Gasteiger partial charge in [-0.1, -0.05) is 20.8 Å². The Morgan fingerprint density at radius 2 is 1.81 bits per heavy atom. The Morgan fingerprint density at radius 3 is 2.19 bits per heavy atom. The fourth-order valence-corrected chi connectivity index (χ4v) is 2.88. The smallest absolute Gasteiger partial charge is 0.391 e. The number of rotatable bonds is 1. The van der Waals surface area contributed by atoms with Crippen molar-refractivity contribution in [2.45, 2.75) is 44.8 Å². The van der Waals surface area contributed by atoms with E-state index in [1.54, 1.807) is 0 Å². The molecule has 1 N–H and O–H groups in total. The van der Waals surface area contributed by atoms with Crippen molar-refractivity contribution >= 4 is 11.6 Å². The predicted octanol–water partition coefficient (Wildman–Crippen LogP) is 3.45. The van der Waals surface area contributed by atoms with Gasteiger partial charge in [-0.3, -0.25) is 0 Å². The van der Waals surface area contributed by atoms with Gasteiger partial charge in [-0.2, -0.15) is 13.2 Å². The second kappa shape index (κ2) is 4.73. The van der Waals surface area contributed by atoms with Crippen LogP contribution in [0.5, 0.6) is 0 Å². The van der Waals surface area contributed by atoms with E-state index in [9.17, 15) is 18.3 Å². The van der Waals surface area contributed by atoms with E-state index in [-0.39, 0.29) is 18.3 Å². The van der Waals surface area contributed by atoms with E-state index in [1.807, 2.05) is 13.8 Å². The highest BCUT2D eigenvalue weighted by molar-refractivity contribution is 6.21. The molecule has 1 aliphatic rings. The van der Waals surface area contributed by atoms with Crippen LogP contribution < -0.4 is 0 Å². The van der Waals surface area contributed by atoms with Crippen molar-refractivity contribution in [3.8, 4) is 0 Å². The molecule has 0 aromatic rings. The summed E-state index contributed by atoms with van der Waals surface area (Å²) in [6, 6.07) is 0. The number of alkyl halides is 4. The minimum absolute atomic E-state index is 0.00796. The van der Waals surface area contributed by atoms with Gasteiger partial charge in [-0.15, -0.1) is 11.6 Å². The average Bonchev–Trinajstić information content (AvgIpc) is 2.11. The third kappa shape index (κ3) is 2.65. The van der Waals surface area contributed by atoms with Crippen molar-refractivity contribution in [3.05, 3.63) is 0 Å². The Morgan fingerprint density at radius 1 is 1.31 bits per heavy atom. The topological polar surface area (TPSA) is 20.2 Å². The van der Waals surface area contributed by atoms with Gasteiger partial charge < -0.3 is 5.11 Å². The fourth-order valence-electron chi connectivity index (χ4n) is 2.51. The van der Waals surface area contributed by atoms with E-state index in [1.165, 1.54) is 6.92 Å². The van der Waals surface area contributed by atoms with Crippen LogP contribution in [0.4, 0.5) is 13.2 Å². The molecular weight excluding hydrogens is 241 g/mol. The van der Waals surface area contributed by atoms with Crippen molar-refractivity contribution in [2.24, 2.45) is 23.7 Å². The van der Waals surface area contributed by atoms with Gasteiger partial charge in [-0.05, 0) is 24.2 Å². The number of aliphatic hydroxyl groups is 1. The van der Waals surface area contributed by atoms with Crippen LogP contribution in [0.1, 0.15) is 27.2 Å². The van der Waals surface area contributed by atoms with Crippen LogP contribution in [0.15, 0.2) is 0 Å². The van der Waals surface area contributed by atoms with Crippen molar-refractivity contribution in [1.82, 2.24) is 0 Å². The molecule has 16 heavy (non-hydrogen) atoms. The van der Waals surface area contributed by atoms with Crippen molar-refractivity contribution in [2.75, 3.05) is 0 Å². The lowest BCUT2D eigenvalue weighted by Gasteiger charge is -2.43. The van der Waals surface area contributed by atoms with Gasteiger partial charge >= 0.3 is 6.18 Å². The lowest BCUT2D eigenvalue weighted by atomic mass is 9.69. The first kappa shape index (κ1) is 14.1. The molecule has 1 aliphatic carbocycles. The third-order valence-electron chi connectivity index (χ3n) is 3.70. The van der Waals surface area contributed by atoms with E-state index in [2.05, 4.69) is 0 Å². The zero-order valence-corrected chi connectivity index (χ0v) is 10.4. The van der Waals surface area contributed by atoms with Gasteiger partial charge in [0.05, 0.1) is 17.4 Å². The molecule has 5 heteroatoms. The van der Waals surface area contributed by atoms with Gasteiger partial charge in [-0.25, -0.2) is 0 Å². The van der Waals surface area contributed by atoms with Crippen molar-refractivity contribution < 1.29 is 18.3 Å². The first-order valence-corrected chi connectivity index (χ1v) is 5.98. The molecule has 1 saturated carbocycles. The van der Waals surface area contributed by atoms with Gasteiger partial charge in [0, 0.05) is 0 Å². The summed E-state index contributed by atoms with van der Waals surface area (Å²) in [4.78, 5) is 0. The summed E-state index contributed by atoms with van der Waals surface area (Å²) in [5, 5.41) is 9.05. The van der Waals surface area contributed by atoms with Gasteiger partial charge in [0.15, 0.2) is 0 Å². The molecule has 0 heterocycles. The maximum atomic E-state index is 12.8. The first-order chi connectivity index (χ1) is 7.16. The quantitative estimate of drug-likeness (QED) is 0.715. The monoisotopic (exact) mass is 258 g/mol. The van der Waals surface area contributed by atoms with E-state index < -0.39 is 29.5 Å². The lowest BCUT2D eigenvalue weighted by molar-refractivity contribution is -0.207. The molecule has 0 amide bonds. The Balaban J connectivity index is 2.90. The van der Waals surface area contributed by atoms with Crippen LogP contribution in [-0.4, -0.2) is 22.8 Å².